The molecule has 0 saturated heterocycles. The van der Waals surface area contributed by atoms with Crippen LogP contribution in [0.2, 0.25) is 0 Å². The average Bonchev–Trinajstić information content (AvgIpc) is 2.47. The van der Waals surface area contributed by atoms with Crippen molar-refractivity contribution in [1.29, 1.82) is 0 Å². The second-order valence-electron chi connectivity index (χ2n) is 5.63. The Morgan fingerprint density at radius 1 is 1.25 bits per heavy atom. The minimum atomic E-state index is -0.842. The first-order valence-electron chi connectivity index (χ1n) is 7.30. The molecule has 2 N–H and O–H groups in total. The average molecular weight is 282 g/mol. The SMILES string of the molecule is COc1ccc(CC(O)C(O)C2CCCCC2)cc1F. The number of ether oxygens (including phenoxy) is 1. The molecule has 2 rings (SSSR count). The minimum absolute atomic E-state index is 0.168. The van der Waals surface area contributed by atoms with Crippen LogP contribution in [-0.2, 0) is 6.42 Å². The van der Waals surface area contributed by atoms with Crippen molar-refractivity contribution < 1.29 is 19.3 Å². The molecule has 1 saturated carbocycles. The molecule has 0 bridgehead atoms. The van der Waals surface area contributed by atoms with Gasteiger partial charge in [0.2, 0.25) is 0 Å². The van der Waals surface area contributed by atoms with E-state index in [1.807, 2.05) is 0 Å². The zero-order valence-corrected chi connectivity index (χ0v) is 11.9. The summed E-state index contributed by atoms with van der Waals surface area (Å²) in [7, 11) is 1.42. The maximum Gasteiger partial charge on any atom is 0.165 e. The molecule has 20 heavy (non-hydrogen) atoms. The number of rotatable bonds is 5. The molecule has 0 aromatic heterocycles. The molecule has 1 aliphatic rings. The predicted octanol–water partition coefficient (Wildman–Crippen LogP) is 2.68. The van der Waals surface area contributed by atoms with Gasteiger partial charge in [0.15, 0.2) is 11.6 Å². The quantitative estimate of drug-likeness (QED) is 0.873. The van der Waals surface area contributed by atoms with E-state index in [2.05, 4.69) is 0 Å². The monoisotopic (exact) mass is 282 g/mol. The fourth-order valence-electron chi connectivity index (χ4n) is 2.99. The molecule has 0 heterocycles. The fraction of sp³-hybridized carbons (Fsp3) is 0.625. The van der Waals surface area contributed by atoms with Crippen LogP contribution in [0.1, 0.15) is 37.7 Å². The van der Waals surface area contributed by atoms with Gasteiger partial charge < -0.3 is 14.9 Å². The van der Waals surface area contributed by atoms with E-state index in [9.17, 15) is 14.6 Å². The van der Waals surface area contributed by atoms with E-state index in [0.717, 1.165) is 25.7 Å². The summed E-state index contributed by atoms with van der Waals surface area (Å²) in [5.41, 5.74) is 0.672. The van der Waals surface area contributed by atoms with Crippen LogP contribution in [0, 0.1) is 11.7 Å². The Morgan fingerprint density at radius 2 is 1.95 bits per heavy atom. The summed E-state index contributed by atoms with van der Waals surface area (Å²) < 4.78 is 18.4. The zero-order chi connectivity index (χ0) is 14.5. The molecular formula is C16H23FO3. The Balaban J connectivity index is 1.96. The highest BCUT2D eigenvalue weighted by atomic mass is 19.1. The van der Waals surface area contributed by atoms with Crippen molar-refractivity contribution in [2.75, 3.05) is 7.11 Å². The topological polar surface area (TPSA) is 49.7 Å². The molecule has 0 aliphatic heterocycles. The Kier molecular flexibility index (Phi) is 5.38. The summed E-state index contributed by atoms with van der Waals surface area (Å²) >= 11 is 0. The summed E-state index contributed by atoms with van der Waals surface area (Å²) in [5.74, 6) is -0.0812. The first-order chi connectivity index (χ1) is 9.61. The maximum absolute atomic E-state index is 13.6. The molecule has 0 radical (unpaired) electrons. The molecule has 4 heteroatoms. The van der Waals surface area contributed by atoms with Crippen molar-refractivity contribution in [3.05, 3.63) is 29.6 Å². The number of methoxy groups -OCH3 is 1. The number of hydrogen-bond donors (Lipinski definition) is 2. The van der Waals surface area contributed by atoms with Crippen LogP contribution in [-0.4, -0.2) is 29.5 Å². The van der Waals surface area contributed by atoms with Crippen LogP contribution in [0.15, 0.2) is 18.2 Å². The van der Waals surface area contributed by atoms with Crippen molar-refractivity contribution in [1.82, 2.24) is 0 Å². The largest absolute Gasteiger partial charge is 0.494 e. The molecule has 1 aromatic carbocycles. The molecule has 0 spiro atoms. The van der Waals surface area contributed by atoms with Crippen LogP contribution < -0.4 is 4.74 Å². The van der Waals surface area contributed by atoms with Crippen LogP contribution in [0.5, 0.6) is 5.75 Å². The Labute approximate surface area is 119 Å². The molecule has 1 aliphatic carbocycles. The molecule has 112 valence electrons. The summed E-state index contributed by atoms with van der Waals surface area (Å²) in [5, 5.41) is 20.3. The normalized spacial score (nSPS) is 19.6. The van der Waals surface area contributed by atoms with Gasteiger partial charge in [0.1, 0.15) is 0 Å². The van der Waals surface area contributed by atoms with Crippen molar-refractivity contribution in [2.24, 2.45) is 5.92 Å². The standard InChI is InChI=1S/C16H23FO3/c1-20-15-8-7-11(9-13(15)17)10-14(18)16(19)12-5-3-2-4-6-12/h7-9,12,14,16,18-19H,2-6,10H2,1H3. The van der Waals surface area contributed by atoms with Crippen LogP contribution in [0.4, 0.5) is 4.39 Å². The highest BCUT2D eigenvalue weighted by molar-refractivity contribution is 5.29. The number of aliphatic hydroxyl groups excluding tert-OH is 2. The lowest BCUT2D eigenvalue weighted by Crippen LogP contribution is -2.36. The number of aliphatic hydroxyl groups is 2. The number of hydrogen-bond acceptors (Lipinski definition) is 3. The second kappa shape index (κ2) is 7.04. The highest BCUT2D eigenvalue weighted by Crippen LogP contribution is 2.29. The second-order valence-corrected chi connectivity index (χ2v) is 5.63. The molecule has 3 nitrogen and oxygen atoms in total. The van der Waals surface area contributed by atoms with Crippen LogP contribution in [0.3, 0.4) is 0 Å². The van der Waals surface area contributed by atoms with Gasteiger partial charge in [-0.25, -0.2) is 4.39 Å². The zero-order valence-electron chi connectivity index (χ0n) is 11.9. The van der Waals surface area contributed by atoms with Crippen molar-refractivity contribution >= 4 is 0 Å². The third kappa shape index (κ3) is 3.70. The van der Waals surface area contributed by atoms with Gasteiger partial charge in [-0.1, -0.05) is 25.3 Å². The van der Waals surface area contributed by atoms with Gasteiger partial charge in [-0.15, -0.1) is 0 Å². The lowest BCUT2D eigenvalue weighted by Gasteiger charge is -2.29. The number of benzene rings is 1. The van der Waals surface area contributed by atoms with E-state index in [1.54, 1.807) is 12.1 Å². The van der Waals surface area contributed by atoms with Crippen molar-refractivity contribution in [2.45, 2.75) is 50.7 Å². The molecule has 1 fully saturated rings. The molecule has 2 unspecified atom stereocenters. The van der Waals surface area contributed by atoms with Gasteiger partial charge in [-0.3, -0.25) is 0 Å². The van der Waals surface area contributed by atoms with Gasteiger partial charge in [0.25, 0.3) is 0 Å². The van der Waals surface area contributed by atoms with Gasteiger partial charge in [-0.2, -0.15) is 0 Å². The third-order valence-electron chi connectivity index (χ3n) is 4.19. The Bertz CT molecular complexity index is 430. The van der Waals surface area contributed by atoms with Crippen LogP contribution in [0.25, 0.3) is 0 Å². The lowest BCUT2D eigenvalue weighted by atomic mass is 9.82. The van der Waals surface area contributed by atoms with Gasteiger partial charge >= 0.3 is 0 Å². The van der Waals surface area contributed by atoms with Crippen LogP contribution >= 0.6 is 0 Å². The molecule has 0 amide bonds. The smallest absolute Gasteiger partial charge is 0.165 e. The molecule has 1 aromatic rings. The maximum atomic E-state index is 13.6. The lowest BCUT2D eigenvalue weighted by molar-refractivity contribution is -0.0263. The van der Waals surface area contributed by atoms with E-state index in [1.165, 1.54) is 19.6 Å². The first kappa shape index (κ1) is 15.3. The predicted molar refractivity (Wildman–Crippen MR) is 75.2 cm³/mol. The summed E-state index contributed by atoms with van der Waals surface area (Å²) in [6.07, 6.45) is 4.08. The molecule has 2 atom stereocenters. The van der Waals surface area contributed by atoms with Gasteiger partial charge in [-0.05, 0) is 36.5 Å². The summed E-state index contributed by atoms with van der Waals surface area (Å²) in [6.45, 7) is 0. The van der Waals surface area contributed by atoms with E-state index in [0.29, 0.717) is 5.56 Å². The highest BCUT2D eigenvalue weighted by Gasteiger charge is 2.27. The van der Waals surface area contributed by atoms with Gasteiger partial charge in [0.05, 0.1) is 19.3 Å². The minimum Gasteiger partial charge on any atom is -0.494 e. The van der Waals surface area contributed by atoms with Gasteiger partial charge in [0, 0.05) is 6.42 Å². The fourth-order valence-corrected chi connectivity index (χ4v) is 2.99. The molecular weight excluding hydrogens is 259 g/mol. The van der Waals surface area contributed by atoms with Crippen molar-refractivity contribution in [3.8, 4) is 5.75 Å². The first-order valence-corrected chi connectivity index (χ1v) is 7.30. The third-order valence-corrected chi connectivity index (χ3v) is 4.19. The van der Waals surface area contributed by atoms with E-state index < -0.39 is 18.0 Å². The van der Waals surface area contributed by atoms with E-state index in [-0.39, 0.29) is 18.1 Å². The van der Waals surface area contributed by atoms with E-state index >= 15 is 0 Å². The Morgan fingerprint density at radius 3 is 2.55 bits per heavy atom. The van der Waals surface area contributed by atoms with Crippen molar-refractivity contribution in [3.63, 3.8) is 0 Å². The number of halogens is 1. The summed E-state index contributed by atoms with van der Waals surface area (Å²) in [6, 6.07) is 4.62. The van der Waals surface area contributed by atoms with E-state index in [4.69, 9.17) is 4.74 Å². The Hall–Kier alpha value is -1.13. The summed E-state index contributed by atoms with van der Waals surface area (Å²) in [4.78, 5) is 0.